The molecule has 0 amide bonds. The highest BCUT2D eigenvalue weighted by molar-refractivity contribution is 6.03. The predicted molar refractivity (Wildman–Crippen MR) is 118 cm³/mol. The Labute approximate surface area is 182 Å². The second kappa shape index (κ2) is 9.56. The molecule has 3 heterocycles. The van der Waals surface area contributed by atoms with E-state index >= 15 is 0 Å². The molecular weight excluding hydrogens is 390 g/mol. The summed E-state index contributed by atoms with van der Waals surface area (Å²) >= 11 is 0. The van der Waals surface area contributed by atoms with Crippen molar-refractivity contribution in [3.8, 4) is 11.3 Å². The van der Waals surface area contributed by atoms with E-state index in [2.05, 4.69) is 37.3 Å². The summed E-state index contributed by atoms with van der Waals surface area (Å²) in [6, 6.07) is 19.1. The summed E-state index contributed by atoms with van der Waals surface area (Å²) in [4.78, 5) is 29.9. The molecule has 0 unspecified atom stereocenters. The number of ether oxygens (including phenoxy) is 2. The molecule has 0 atom stereocenters. The second-order valence-corrected chi connectivity index (χ2v) is 7.70. The molecular formula is C26H25NO4. The number of hydrogen-bond donors (Lipinski definition) is 0. The number of aryl methyl sites for hydroxylation is 3. The van der Waals surface area contributed by atoms with E-state index in [-0.39, 0.29) is 24.3 Å². The molecule has 2 aromatic carbocycles. The van der Waals surface area contributed by atoms with Crippen molar-refractivity contribution in [2.75, 3.05) is 13.2 Å². The van der Waals surface area contributed by atoms with Gasteiger partial charge in [-0.05, 0) is 56.4 Å². The molecule has 0 radical (unpaired) electrons. The largest absolute Gasteiger partial charge is 0.462 e. The third kappa shape index (κ3) is 5.00. The van der Waals surface area contributed by atoms with Crippen LogP contribution in [0, 0.1) is 6.92 Å². The molecule has 0 N–H and O–H groups in total. The van der Waals surface area contributed by atoms with Gasteiger partial charge < -0.3 is 9.47 Å². The van der Waals surface area contributed by atoms with E-state index in [0.717, 1.165) is 28.9 Å². The lowest BCUT2D eigenvalue weighted by molar-refractivity contribution is 0.0453. The fraction of sp³-hybridized carbons (Fsp3) is 0.269. The highest BCUT2D eigenvalue weighted by Crippen LogP contribution is 2.25. The minimum absolute atomic E-state index is 0.239. The van der Waals surface area contributed by atoms with Crippen molar-refractivity contribution in [1.29, 1.82) is 0 Å². The van der Waals surface area contributed by atoms with Crippen molar-refractivity contribution in [2.24, 2.45) is 0 Å². The Morgan fingerprint density at radius 1 is 0.742 bits per heavy atom. The molecule has 0 spiro atoms. The maximum absolute atomic E-state index is 12.5. The van der Waals surface area contributed by atoms with E-state index in [1.807, 2.05) is 6.07 Å². The molecule has 5 nitrogen and oxygen atoms in total. The van der Waals surface area contributed by atoms with E-state index < -0.39 is 11.9 Å². The van der Waals surface area contributed by atoms with Gasteiger partial charge in [-0.2, -0.15) is 0 Å². The number of nitrogens with zero attached hydrogens (tertiary/aromatic N) is 1. The quantitative estimate of drug-likeness (QED) is 0.526. The van der Waals surface area contributed by atoms with Gasteiger partial charge in [0, 0.05) is 11.3 Å². The topological polar surface area (TPSA) is 65.5 Å². The van der Waals surface area contributed by atoms with Gasteiger partial charge in [0.15, 0.2) is 0 Å². The first-order valence-electron chi connectivity index (χ1n) is 10.6. The smallest absolute Gasteiger partial charge is 0.339 e. The number of hydrogen-bond acceptors (Lipinski definition) is 5. The first-order valence-corrected chi connectivity index (χ1v) is 10.6. The lowest BCUT2D eigenvalue weighted by Gasteiger charge is -2.14. The van der Waals surface area contributed by atoms with Gasteiger partial charge in [0.2, 0.25) is 0 Å². The Balaban J connectivity index is 1.61. The molecule has 0 saturated heterocycles. The summed E-state index contributed by atoms with van der Waals surface area (Å²) in [5.74, 6) is -1.02. The standard InChI is InChI=1S/C26H25NO4/c1-18-10-12-20(13-11-18)24-19-6-4-16-30-25(28)22-8-2-3-9-23(22)26(29)31-17-5-7-21(27-24)15-14-19/h2-3,8-15H,4-7,16-17H2,1H3. The SMILES string of the molecule is Cc1ccc(-c2nc3ccc2CCCOC(=O)c2ccccc2C(=O)OCCC3)cc1. The van der Waals surface area contributed by atoms with Gasteiger partial charge >= 0.3 is 11.9 Å². The number of carbonyl (C=O) groups excluding carboxylic acids is 2. The number of fused-ring (bicyclic) bond motifs is 10. The van der Waals surface area contributed by atoms with Crippen molar-refractivity contribution in [1.82, 2.24) is 4.98 Å². The lowest BCUT2D eigenvalue weighted by Crippen LogP contribution is -2.15. The van der Waals surface area contributed by atoms with Crippen LogP contribution in [0.5, 0.6) is 0 Å². The maximum atomic E-state index is 12.5. The molecule has 0 fully saturated rings. The molecule has 1 aromatic heterocycles. The number of carbonyl (C=O) groups is 2. The average Bonchev–Trinajstić information content (AvgIpc) is 2.79. The summed E-state index contributed by atoms with van der Waals surface area (Å²) in [6.07, 6.45) is 2.76. The van der Waals surface area contributed by atoms with Crippen molar-refractivity contribution in [3.63, 3.8) is 0 Å². The van der Waals surface area contributed by atoms with Crippen LogP contribution in [0.25, 0.3) is 11.3 Å². The highest BCUT2D eigenvalue weighted by atomic mass is 16.5. The zero-order valence-electron chi connectivity index (χ0n) is 17.6. The van der Waals surface area contributed by atoms with Gasteiger partial charge in [0.25, 0.3) is 0 Å². The Morgan fingerprint density at radius 3 is 2.00 bits per heavy atom. The van der Waals surface area contributed by atoms with Gasteiger partial charge in [0.05, 0.1) is 30.0 Å². The molecule has 2 aliphatic heterocycles. The molecule has 158 valence electrons. The number of esters is 2. The minimum Gasteiger partial charge on any atom is -0.462 e. The van der Waals surface area contributed by atoms with Gasteiger partial charge in [-0.1, -0.05) is 48.0 Å². The van der Waals surface area contributed by atoms with E-state index in [9.17, 15) is 9.59 Å². The molecule has 0 saturated carbocycles. The monoisotopic (exact) mass is 415 g/mol. The fourth-order valence-corrected chi connectivity index (χ4v) is 3.67. The number of rotatable bonds is 1. The van der Waals surface area contributed by atoms with Crippen molar-refractivity contribution >= 4 is 11.9 Å². The van der Waals surface area contributed by atoms with Crippen LogP contribution in [0.3, 0.4) is 0 Å². The van der Waals surface area contributed by atoms with Crippen LogP contribution in [-0.4, -0.2) is 30.1 Å². The molecule has 2 aliphatic rings. The average molecular weight is 415 g/mol. The Morgan fingerprint density at radius 2 is 1.35 bits per heavy atom. The first-order chi connectivity index (χ1) is 15.1. The van der Waals surface area contributed by atoms with E-state index in [1.165, 1.54) is 5.56 Å². The van der Waals surface area contributed by atoms with Gasteiger partial charge in [-0.15, -0.1) is 0 Å². The maximum Gasteiger partial charge on any atom is 0.339 e. The van der Waals surface area contributed by atoms with Crippen LogP contribution in [0.4, 0.5) is 0 Å². The Kier molecular flexibility index (Phi) is 6.41. The molecule has 0 aliphatic carbocycles. The zero-order valence-corrected chi connectivity index (χ0v) is 17.6. The summed E-state index contributed by atoms with van der Waals surface area (Å²) in [7, 11) is 0. The van der Waals surface area contributed by atoms with Crippen LogP contribution < -0.4 is 0 Å². The second-order valence-electron chi connectivity index (χ2n) is 7.70. The molecule has 5 heteroatoms. The summed E-state index contributed by atoms with van der Waals surface area (Å²) in [5, 5.41) is 0. The molecule has 2 bridgehead atoms. The summed E-state index contributed by atoms with van der Waals surface area (Å²) < 4.78 is 10.9. The van der Waals surface area contributed by atoms with Gasteiger partial charge in [-0.3, -0.25) is 4.98 Å². The van der Waals surface area contributed by atoms with E-state index in [0.29, 0.717) is 19.3 Å². The lowest BCUT2D eigenvalue weighted by atomic mass is 10.00. The van der Waals surface area contributed by atoms with Crippen molar-refractivity contribution in [2.45, 2.75) is 32.6 Å². The Hall–Kier alpha value is -3.47. The zero-order chi connectivity index (χ0) is 21.6. The van der Waals surface area contributed by atoms with Gasteiger partial charge in [-0.25, -0.2) is 9.59 Å². The van der Waals surface area contributed by atoms with Crippen LogP contribution in [-0.2, 0) is 22.3 Å². The van der Waals surface area contributed by atoms with Crippen LogP contribution in [0.15, 0.2) is 60.7 Å². The summed E-state index contributed by atoms with van der Waals surface area (Å²) in [6.45, 7) is 2.58. The molecule has 5 rings (SSSR count). The third-order valence-corrected chi connectivity index (χ3v) is 5.36. The Bertz CT molecular complexity index is 1090. The van der Waals surface area contributed by atoms with Crippen LogP contribution in [0.2, 0.25) is 0 Å². The summed E-state index contributed by atoms with van der Waals surface area (Å²) in [5.41, 5.74) is 5.80. The number of aromatic nitrogens is 1. The third-order valence-electron chi connectivity index (χ3n) is 5.36. The number of benzene rings is 2. The first kappa shape index (κ1) is 20.8. The number of pyridine rings is 1. The fourth-order valence-electron chi connectivity index (χ4n) is 3.67. The van der Waals surface area contributed by atoms with Crippen LogP contribution in [0.1, 0.15) is 50.4 Å². The van der Waals surface area contributed by atoms with E-state index in [4.69, 9.17) is 14.5 Å². The van der Waals surface area contributed by atoms with Gasteiger partial charge in [0.1, 0.15) is 0 Å². The van der Waals surface area contributed by atoms with Crippen LogP contribution >= 0.6 is 0 Å². The van der Waals surface area contributed by atoms with Crippen molar-refractivity contribution < 1.29 is 19.1 Å². The predicted octanol–water partition coefficient (Wildman–Crippen LogP) is 4.95. The highest BCUT2D eigenvalue weighted by Gasteiger charge is 2.19. The normalized spacial score (nSPS) is 15.1. The van der Waals surface area contributed by atoms with Crippen molar-refractivity contribution in [3.05, 3.63) is 88.6 Å². The molecule has 31 heavy (non-hydrogen) atoms. The molecule has 3 aromatic rings. The van der Waals surface area contributed by atoms with E-state index in [1.54, 1.807) is 24.3 Å². The minimum atomic E-state index is -0.511.